The van der Waals surface area contributed by atoms with E-state index in [9.17, 15) is 14.9 Å². The van der Waals surface area contributed by atoms with E-state index in [-0.39, 0.29) is 24.6 Å². The smallest absolute Gasteiger partial charge is 0.283 e. The fourth-order valence-corrected chi connectivity index (χ4v) is 2.79. The minimum Gasteiger partial charge on any atom is -0.396 e. The van der Waals surface area contributed by atoms with E-state index in [0.29, 0.717) is 16.2 Å². The lowest BCUT2D eigenvalue weighted by atomic mass is 10.1. The average Bonchev–Trinajstić information content (AvgIpc) is 2.61. The van der Waals surface area contributed by atoms with E-state index >= 15 is 0 Å². The zero-order valence-electron chi connectivity index (χ0n) is 13.3. The highest BCUT2D eigenvalue weighted by atomic mass is 32.2. The minimum absolute atomic E-state index is 0.0571. The number of carbonyl (C=O) groups is 1. The number of rotatable bonds is 8. The Bertz CT molecular complexity index is 766. The lowest BCUT2D eigenvalue weighted by Gasteiger charge is -2.03. The molecule has 25 heavy (non-hydrogen) atoms. The fraction of sp³-hybridized carbons (Fsp3) is 0.176. The van der Waals surface area contributed by atoms with Crippen LogP contribution in [0.15, 0.2) is 58.5 Å². The van der Waals surface area contributed by atoms with Crippen molar-refractivity contribution in [2.45, 2.75) is 11.3 Å². The van der Waals surface area contributed by atoms with Crippen LogP contribution in [0.4, 0.5) is 5.69 Å². The van der Waals surface area contributed by atoms with Crippen molar-refractivity contribution < 1.29 is 14.8 Å². The number of hydrogen-bond acceptors (Lipinski definition) is 6. The molecule has 0 unspecified atom stereocenters. The maximum absolute atomic E-state index is 11.8. The quantitative estimate of drug-likeness (QED) is 0.326. The summed E-state index contributed by atoms with van der Waals surface area (Å²) in [4.78, 5) is 22.9. The Morgan fingerprint density at radius 1 is 1.28 bits per heavy atom. The van der Waals surface area contributed by atoms with Gasteiger partial charge < -0.3 is 5.11 Å². The molecular weight excluding hydrogens is 342 g/mol. The van der Waals surface area contributed by atoms with Crippen molar-refractivity contribution in [3.05, 3.63) is 69.8 Å². The average molecular weight is 359 g/mol. The Balaban J connectivity index is 1.99. The monoisotopic (exact) mass is 359 g/mol. The number of nitro groups is 1. The summed E-state index contributed by atoms with van der Waals surface area (Å²) in [7, 11) is 0. The molecule has 0 aliphatic heterocycles. The van der Waals surface area contributed by atoms with Gasteiger partial charge in [-0.05, 0) is 11.6 Å². The van der Waals surface area contributed by atoms with Gasteiger partial charge >= 0.3 is 0 Å². The van der Waals surface area contributed by atoms with E-state index in [1.165, 1.54) is 24.0 Å². The molecule has 2 rings (SSSR count). The number of hydrogen-bond donors (Lipinski definition) is 2. The zero-order chi connectivity index (χ0) is 18.1. The standard InChI is InChI=1S/C17H17N3O4S/c21-8-9-25-16-7-6-14(10-15(16)20(23)24)12-18-19-17(22)11-13-4-2-1-3-5-13/h1-7,10,12,21H,8-9,11H2,(H,19,22)/b18-12+. The van der Waals surface area contributed by atoms with Gasteiger partial charge in [-0.25, -0.2) is 5.43 Å². The third-order valence-corrected chi connectivity index (χ3v) is 4.18. The molecule has 0 spiro atoms. The van der Waals surface area contributed by atoms with Crippen LogP contribution in [0.1, 0.15) is 11.1 Å². The molecule has 7 nitrogen and oxygen atoms in total. The van der Waals surface area contributed by atoms with Crippen molar-refractivity contribution in [3.63, 3.8) is 0 Å². The highest BCUT2D eigenvalue weighted by molar-refractivity contribution is 7.99. The highest BCUT2D eigenvalue weighted by Gasteiger charge is 2.14. The van der Waals surface area contributed by atoms with Crippen LogP contribution in [-0.4, -0.2) is 34.5 Å². The molecule has 2 aromatic carbocycles. The molecule has 0 bridgehead atoms. The summed E-state index contributed by atoms with van der Waals surface area (Å²) < 4.78 is 0. The molecule has 0 aromatic heterocycles. The normalized spacial score (nSPS) is 10.8. The first-order chi connectivity index (χ1) is 12.1. The molecule has 0 radical (unpaired) electrons. The van der Waals surface area contributed by atoms with Gasteiger partial charge in [0.05, 0.1) is 29.1 Å². The summed E-state index contributed by atoms with van der Waals surface area (Å²) in [6.45, 7) is -0.0571. The number of hydrazone groups is 1. The number of thioether (sulfide) groups is 1. The second kappa shape index (κ2) is 9.55. The van der Waals surface area contributed by atoms with Gasteiger partial charge in [0.25, 0.3) is 5.69 Å². The summed E-state index contributed by atoms with van der Waals surface area (Å²) in [5.41, 5.74) is 3.71. The lowest BCUT2D eigenvalue weighted by Crippen LogP contribution is -2.19. The second-order valence-corrected chi connectivity index (χ2v) is 6.15. The van der Waals surface area contributed by atoms with Crippen LogP contribution < -0.4 is 5.43 Å². The topological polar surface area (TPSA) is 105 Å². The summed E-state index contributed by atoms with van der Waals surface area (Å²) in [6.07, 6.45) is 1.56. The fourth-order valence-electron chi connectivity index (χ4n) is 2.03. The van der Waals surface area contributed by atoms with E-state index in [0.717, 1.165) is 5.56 Å². The second-order valence-electron chi connectivity index (χ2n) is 5.01. The third kappa shape index (κ3) is 6.02. The summed E-state index contributed by atoms with van der Waals surface area (Å²) in [6, 6.07) is 13.9. The molecule has 0 atom stereocenters. The summed E-state index contributed by atoms with van der Waals surface area (Å²) in [5, 5.41) is 23.8. The van der Waals surface area contributed by atoms with E-state index in [1.54, 1.807) is 12.1 Å². The van der Waals surface area contributed by atoms with Gasteiger partial charge in [-0.2, -0.15) is 5.10 Å². The van der Waals surface area contributed by atoms with Crippen molar-refractivity contribution in [1.82, 2.24) is 5.43 Å². The molecule has 130 valence electrons. The van der Waals surface area contributed by atoms with Crippen molar-refractivity contribution in [2.75, 3.05) is 12.4 Å². The van der Waals surface area contributed by atoms with Gasteiger partial charge in [-0.3, -0.25) is 14.9 Å². The van der Waals surface area contributed by atoms with Crippen LogP contribution in [0.2, 0.25) is 0 Å². The number of aliphatic hydroxyl groups excluding tert-OH is 1. The van der Waals surface area contributed by atoms with Crippen LogP contribution in [0.5, 0.6) is 0 Å². The van der Waals surface area contributed by atoms with Crippen LogP contribution >= 0.6 is 11.8 Å². The Morgan fingerprint density at radius 3 is 2.72 bits per heavy atom. The van der Waals surface area contributed by atoms with E-state index < -0.39 is 4.92 Å². The van der Waals surface area contributed by atoms with Gasteiger partial charge in [0.1, 0.15) is 0 Å². The summed E-state index contributed by atoms with van der Waals surface area (Å²) >= 11 is 1.21. The molecule has 0 saturated carbocycles. The number of amides is 1. The van der Waals surface area contributed by atoms with Gasteiger partial charge in [0, 0.05) is 17.4 Å². The first-order valence-corrected chi connectivity index (χ1v) is 8.46. The SMILES string of the molecule is O=C(Cc1ccccc1)N/N=C/c1ccc(SCCO)c([N+](=O)[O-])c1. The molecule has 2 N–H and O–H groups in total. The van der Waals surface area contributed by atoms with Crippen LogP contribution in [-0.2, 0) is 11.2 Å². The lowest BCUT2D eigenvalue weighted by molar-refractivity contribution is -0.387. The maximum Gasteiger partial charge on any atom is 0.283 e. The predicted octanol–water partition coefficient (Wildman–Crippen LogP) is 2.37. The first-order valence-electron chi connectivity index (χ1n) is 7.48. The number of nitrogens with one attached hydrogen (secondary N) is 1. The van der Waals surface area contributed by atoms with Crippen LogP contribution in [0.25, 0.3) is 0 Å². The van der Waals surface area contributed by atoms with Gasteiger partial charge in [-0.15, -0.1) is 11.8 Å². The van der Waals surface area contributed by atoms with Crippen molar-refractivity contribution in [2.24, 2.45) is 5.10 Å². The third-order valence-electron chi connectivity index (χ3n) is 3.14. The molecule has 0 aliphatic carbocycles. The van der Waals surface area contributed by atoms with Gasteiger partial charge in [-0.1, -0.05) is 36.4 Å². The Hall–Kier alpha value is -2.71. The molecule has 1 amide bonds. The van der Waals surface area contributed by atoms with E-state index in [4.69, 9.17) is 5.11 Å². The van der Waals surface area contributed by atoms with Gasteiger partial charge in [0.2, 0.25) is 5.91 Å². The Labute approximate surface area is 148 Å². The zero-order valence-corrected chi connectivity index (χ0v) is 14.1. The molecule has 0 heterocycles. The molecule has 0 aliphatic rings. The predicted molar refractivity (Wildman–Crippen MR) is 96.8 cm³/mol. The number of aliphatic hydroxyl groups is 1. The molecule has 0 saturated heterocycles. The van der Waals surface area contributed by atoms with Crippen molar-refractivity contribution >= 4 is 29.6 Å². The van der Waals surface area contributed by atoms with Crippen molar-refractivity contribution in [3.8, 4) is 0 Å². The first kappa shape index (κ1) is 18.6. The molecule has 8 heteroatoms. The molecule has 0 fully saturated rings. The maximum atomic E-state index is 11.8. The largest absolute Gasteiger partial charge is 0.396 e. The van der Waals surface area contributed by atoms with E-state index in [2.05, 4.69) is 10.5 Å². The van der Waals surface area contributed by atoms with Gasteiger partial charge in [0.15, 0.2) is 0 Å². The number of benzene rings is 2. The molecule has 2 aromatic rings. The van der Waals surface area contributed by atoms with Crippen LogP contribution in [0.3, 0.4) is 0 Å². The summed E-state index contributed by atoms with van der Waals surface area (Å²) in [5.74, 6) is 0.108. The number of nitro benzene ring substituents is 1. The Kier molecular flexibility index (Phi) is 7.12. The molecular formula is C17H17N3O4S. The Morgan fingerprint density at radius 2 is 2.04 bits per heavy atom. The number of nitrogens with zero attached hydrogens (tertiary/aromatic N) is 2. The van der Waals surface area contributed by atoms with Crippen molar-refractivity contribution in [1.29, 1.82) is 0 Å². The van der Waals surface area contributed by atoms with Crippen LogP contribution in [0, 0.1) is 10.1 Å². The minimum atomic E-state index is -0.481. The number of carbonyl (C=O) groups excluding carboxylic acids is 1. The van der Waals surface area contributed by atoms with E-state index in [1.807, 2.05) is 30.3 Å². The highest BCUT2D eigenvalue weighted by Crippen LogP contribution is 2.29.